The number of aldehydes is 1. The highest BCUT2D eigenvalue weighted by Gasteiger charge is 2.46. The third kappa shape index (κ3) is 5.38. The van der Waals surface area contributed by atoms with Gasteiger partial charge in [0.2, 0.25) is 0 Å². The van der Waals surface area contributed by atoms with Gasteiger partial charge in [0.1, 0.15) is 6.29 Å². The maximum atomic E-state index is 11.4. The molecule has 0 bridgehead atoms. The van der Waals surface area contributed by atoms with Crippen molar-refractivity contribution in [3.8, 4) is 0 Å². The van der Waals surface area contributed by atoms with Crippen molar-refractivity contribution in [2.24, 2.45) is 23.7 Å². The van der Waals surface area contributed by atoms with Crippen molar-refractivity contribution in [2.75, 3.05) is 13.2 Å². The van der Waals surface area contributed by atoms with Gasteiger partial charge in [-0.15, -0.1) is 0 Å². The van der Waals surface area contributed by atoms with E-state index in [1.807, 2.05) is 0 Å². The van der Waals surface area contributed by atoms with Crippen molar-refractivity contribution >= 4 is 6.29 Å². The number of allylic oxidation sites excluding steroid dienone is 2. The van der Waals surface area contributed by atoms with Crippen LogP contribution >= 0.6 is 0 Å². The van der Waals surface area contributed by atoms with Gasteiger partial charge in [0.05, 0.1) is 12.2 Å². The molecule has 2 heterocycles. The molecule has 0 N–H and O–H groups in total. The van der Waals surface area contributed by atoms with Gasteiger partial charge < -0.3 is 18.9 Å². The maximum Gasteiger partial charge on any atom is 0.158 e. The number of carbonyl (C=O) groups is 1. The summed E-state index contributed by atoms with van der Waals surface area (Å²) >= 11 is 0. The topological polar surface area (TPSA) is 54.0 Å². The van der Waals surface area contributed by atoms with Crippen LogP contribution in [0.5, 0.6) is 0 Å². The molecular weight excluding hydrogens is 404 g/mol. The molecule has 5 nitrogen and oxygen atoms in total. The van der Waals surface area contributed by atoms with Crippen LogP contribution in [-0.2, 0) is 23.7 Å². The molecule has 0 aromatic heterocycles. The zero-order chi connectivity index (χ0) is 21.8. The molecule has 2 saturated heterocycles. The lowest BCUT2D eigenvalue weighted by molar-refractivity contribution is -0.193. The highest BCUT2D eigenvalue weighted by atomic mass is 16.7. The quantitative estimate of drug-likeness (QED) is 0.374. The van der Waals surface area contributed by atoms with Crippen molar-refractivity contribution in [1.29, 1.82) is 0 Å². The average molecular weight is 445 g/mol. The first-order valence-corrected chi connectivity index (χ1v) is 13.2. The molecule has 5 heteroatoms. The molecular formula is C27H40O5. The standard InChI is InChI=1S/C27H40O5/c28-18-19-15-21-17-25(32-27-10-4-6-14-30-27)22(23(21)16-19)11-12-24(20-7-1-2-8-20)31-26-9-3-5-13-29-26/h11-12,15,18,20-27H,1-10,13-14,16-17H2/t21-,22-,23+,24+,25+,26?,27?/m0/s1. The number of carbonyl (C=O) groups excluding carboxylic acids is 1. The van der Waals surface area contributed by atoms with E-state index in [0.717, 1.165) is 63.6 Å². The molecule has 0 aromatic carbocycles. The normalized spacial score (nSPS) is 39.3. The summed E-state index contributed by atoms with van der Waals surface area (Å²) in [4.78, 5) is 11.4. The van der Waals surface area contributed by atoms with Gasteiger partial charge in [-0.2, -0.15) is 0 Å². The number of fused-ring (bicyclic) bond motifs is 1. The fraction of sp³-hybridized carbons (Fsp3) is 0.815. The summed E-state index contributed by atoms with van der Waals surface area (Å²) in [7, 11) is 0. The Hall–Kier alpha value is -1.01. The Bertz CT molecular complexity index is 670. The second-order valence-corrected chi connectivity index (χ2v) is 10.5. The van der Waals surface area contributed by atoms with E-state index >= 15 is 0 Å². The van der Waals surface area contributed by atoms with Crippen LogP contribution in [0.25, 0.3) is 0 Å². The third-order valence-corrected chi connectivity index (χ3v) is 8.33. The fourth-order valence-electron chi connectivity index (χ4n) is 6.60. The Kier molecular flexibility index (Phi) is 7.79. The summed E-state index contributed by atoms with van der Waals surface area (Å²) in [5.41, 5.74) is 0.963. The number of ether oxygens (including phenoxy) is 4. The third-order valence-electron chi connectivity index (χ3n) is 8.33. The lowest BCUT2D eigenvalue weighted by Crippen LogP contribution is -2.32. The van der Waals surface area contributed by atoms with Crippen molar-refractivity contribution in [2.45, 2.75) is 102 Å². The van der Waals surface area contributed by atoms with Crippen LogP contribution in [-0.4, -0.2) is 44.3 Å². The van der Waals surface area contributed by atoms with E-state index in [1.54, 1.807) is 0 Å². The van der Waals surface area contributed by atoms with Crippen LogP contribution in [0.2, 0.25) is 0 Å². The molecule has 2 unspecified atom stereocenters. The average Bonchev–Trinajstić information content (AvgIpc) is 3.55. The zero-order valence-electron chi connectivity index (χ0n) is 19.4. The lowest BCUT2D eigenvalue weighted by Gasteiger charge is -2.31. The minimum atomic E-state index is -0.0736. The molecule has 3 aliphatic carbocycles. The predicted molar refractivity (Wildman–Crippen MR) is 122 cm³/mol. The van der Waals surface area contributed by atoms with Crippen LogP contribution in [0.4, 0.5) is 0 Å². The Labute approximate surface area is 192 Å². The predicted octanol–water partition coefficient (Wildman–Crippen LogP) is 5.34. The van der Waals surface area contributed by atoms with Crippen LogP contribution < -0.4 is 0 Å². The van der Waals surface area contributed by atoms with E-state index in [4.69, 9.17) is 18.9 Å². The van der Waals surface area contributed by atoms with Crippen molar-refractivity contribution < 1.29 is 23.7 Å². The first-order chi connectivity index (χ1) is 15.8. The minimum absolute atomic E-state index is 0.0622. The monoisotopic (exact) mass is 444 g/mol. The van der Waals surface area contributed by atoms with Crippen LogP contribution in [0.1, 0.15) is 77.0 Å². The van der Waals surface area contributed by atoms with Crippen LogP contribution in [0, 0.1) is 23.7 Å². The second kappa shape index (κ2) is 10.9. The molecule has 32 heavy (non-hydrogen) atoms. The van der Waals surface area contributed by atoms with Gasteiger partial charge in [-0.25, -0.2) is 0 Å². The van der Waals surface area contributed by atoms with E-state index in [1.165, 1.54) is 38.5 Å². The molecule has 5 aliphatic rings. The summed E-state index contributed by atoms with van der Waals surface area (Å²) in [6, 6.07) is 0. The first-order valence-electron chi connectivity index (χ1n) is 13.2. The molecule has 7 atom stereocenters. The molecule has 4 fully saturated rings. The van der Waals surface area contributed by atoms with E-state index in [-0.39, 0.29) is 24.8 Å². The van der Waals surface area contributed by atoms with Gasteiger partial charge in [-0.3, -0.25) is 4.79 Å². The van der Waals surface area contributed by atoms with Gasteiger partial charge in [-0.05, 0) is 87.5 Å². The van der Waals surface area contributed by atoms with Crippen LogP contribution in [0.3, 0.4) is 0 Å². The largest absolute Gasteiger partial charge is 0.353 e. The molecule has 2 aliphatic heterocycles. The molecule has 0 radical (unpaired) electrons. The van der Waals surface area contributed by atoms with E-state index in [2.05, 4.69) is 18.2 Å². The summed E-state index contributed by atoms with van der Waals surface area (Å²) < 4.78 is 24.9. The molecule has 178 valence electrons. The Morgan fingerprint density at radius 1 is 0.938 bits per heavy atom. The van der Waals surface area contributed by atoms with Crippen molar-refractivity contribution in [3.05, 3.63) is 23.8 Å². The second-order valence-electron chi connectivity index (χ2n) is 10.5. The van der Waals surface area contributed by atoms with Crippen LogP contribution in [0.15, 0.2) is 23.8 Å². The van der Waals surface area contributed by atoms with Gasteiger partial charge in [-0.1, -0.05) is 31.1 Å². The minimum Gasteiger partial charge on any atom is -0.353 e. The van der Waals surface area contributed by atoms with Gasteiger partial charge >= 0.3 is 0 Å². The lowest BCUT2D eigenvalue weighted by atomic mass is 9.88. The Morgan fingerprint density at radius 2 is 1.66 bits per heavy atom. The molecule has 0 aromatic rings. The number of hydrogen-bond donors (Lipinski definition) is 0. The highest BCUT2D eigenvalue weighted by molar-refractivity contribution is 5.74. The SMILES string of the molecule is O=CC1=C[C@H]2C[C@@H](OC3CCCCO3)[C@@H](C=C[C@@H](OC3CCCCO3)C3CCCC3)[C@@H]2C1. The fourth-order valence-corrected chi connectivity index (χ4v) is 6.60. The molecule has 5 rings (SSSR count). The smallest absolute Gasteiger partial charge is 0.158 e. The maximum absolute atomic E-state index is 11.4. The summed E-state index contributed by atoms with van der Waals surface area (Å²) in [6.07, 6.45) is 21.7. The van der Waals surface area contributed by atoms with Crippen molar-refractivity contribution in [1.82, 2.24) is 0 Å². The number of hydrogen-bond acceptors (Lipinski definition) is 5. The highest BCUT2D eigenvalue weighted by Crippen LogP contribution is 2.49. The van der Waals surface area contributed by atoms with Gasteiger partial charge in [0.15, 0.2) is 12.6 Å². The van der Waals surface area contributed by atoms with E-state index in [9.17, 15) is 4.79 Å². The summed E-state index contributed by atoms with van der Waals surface area (Å²) in [6.45, 7) is 1.62. The Morgan fingerprint density at radius 3 is 2.34 bits per heavy atom. The van der Waals surface area contributed by atoms with E-state index < -0.39 is 0 Å². The molecule has 0 spiro atoms. The van der Waals surface area contributed by atoms with Crippen molar-refractivity contribution in [3.63, 3.8) is 0 Å². The van der Waals surface area contributed by atoms with E-state index in [0.29, 0.717) is 23.7 Å². The Balaban J connectivity index is 1.30. The summed E-state index contributed by atoms with van der Waals surface area (Å²) in [5, 5.41) is 0. The van der Waals surface area contributed by atoms with Gasteiger partial charge in [0, 0.05) is 19.1 Å². The number of rotatable bonds is 8. The molecule has 0 amide bonds. The first kappa shape index (κ1) is 22.8. The summed E-state index contributed by atoms with van der Waals surface area (Å²) in [5.74, 6) is 1.78. The molecule has 2 saturated carbocycles. The van der Waals surface area contributed by atoms with Gasteiger partial charge in [0.25, 0.3) is 0 Å². The zero-order valence-corrected chi connectivity index (χ0v) is 19.4.